The van der Waals surface area contributed by atoms with Gasteiger partial charge in [0.2, 0.25) is 0 Å². The zero-order valence-electron chi connectivity index (χ0n) is 8.51. The van der Waals surface area contributed by atoms with Gasteiger partial charge < -0.3 is 5.11 Å². The molecule has 0 bridgehead atoms. The molecule has 0 heterocycles. The van der Waals surface area contributed by atoms with Crippen molar-refractivity contribution in [2.24, 2.45) is 11.3 Å². The van der Waals surface area contributed by atoms with E-state index in [0.717, 1.165) is 0 Å². The van der Waals surface area contributed by atoms with E-state index in [9.17, 15) is 4.79 Å². The summed E-state index contributed by atoms with van der Waals surface area (Å²) in [7, 11) is 0. The maximum Gasteiger partial charge on any atom is 0.330 e. The number of hydrogen-bond donors (Lipinski definition) is 1. The smallest absolute Gasteiger partial charge is 0.330 e. The number of carboxylic acid groups (broad SMARTS) is 1. The molecule has 0 aromatic rings. The van der Waals surface area contributed by atoms with Crippen LogP contribution in [0, 0.1) is 11.3 Å². The van der Waals surface area contributed by atoms with Gasteiger partial charge >= 0.3 is 5.97 Å². The molecule has 0 radical (unpaired) electrons. The molecule has 2 nitrogen and oxygen atoms in total. The van der Waals surface area contributed by atoms with Crippen molar-refractivity contribution >= 4 is 5.97 Å². The van der Waals surface area contributed by atoms with E-state index in [2.05, 4.69) is 13.8 Å². The highest BCUT2D eigenvalue weighted by Gasteiger charge is 2.20. The normalized spacial score (nSPS) is 13.7. The van der Waals surface area contributed by atoms with Crippen LogP contribution in [0.15, 0.2) is 11.6 Å². The van der Waals surface area contributed by atoms with Crippen molar-refractivity contribution in [2.75, 3.05) is 0 Å². The van der Waals surface area contributed by atoms with Crippen molar-refractivity contribution in [3.05, 3.63) is 11.6 Å². The highest BCUT2D eigenvalue weighted by molar-refractivity contribution is 5.85. The second-order valence-electron chi connectivity index (χ2n) is 4.11. The summed E-state index contributed by atoms with van der Waals surface area (Å²) in [6, 6.07) is 0. The monoisotopic (exact) mass is 170 g/mol. The van der Waals surface area contributed by atoms with Crippen molar-refractivity contribution in [3.63, 3.8) is 0 Å². The summed E-state index contributed by atoms with van der Waals surface area (Å²) in [5.74, 6) is -0.379. The average molecular weight is 170 g/mol. The van der Waals surface area contributed by atoms with E-state index < -0.39 is 5.97 Å². The highest BCUT2D eigenvalue weighted by atomic mass is 16.4. The summed E-state index contributed by atoms with van der Waals surface area (Å²) in [6.45, 7) is 9.90. The van der Waals surface area contributed by atoms with Gasteiger partial charge in [-0.2, -0.15) is 0 Å². The number of hydrogen-bond acceptors (Lipinski definition) is 1. The van der Waals surface area contributed by atoms with Crippen molar-refractivity contribution in [3.8, 4) is 0 Å². The maximum atomic E-state index is 10.5. The summed E-state index contributed by atoms with van der Waals surface area (Å²) in [4.78, 5) is 10.5. The first kappa shape index (κ1) is 11.2. The fourth-order valence-electron chi connectivity index (χ4n) is 0.786. The molecule has 0 unspecified atom stereocenters. The Labute approximate surface area is 74.3 Å². The van der Waals surface area contributed by atoms with Crippen LogP contribution < -0.4 is 0 Å². The molecular formula is C10H18O2. The second kappa shape index (κ2) is 3.74. The average Bonchev–Trinajstić information content (AvgIpc) is 1.85. The lowest BCUT2D eigenvalue weighted by molar-refractivity contribution is -0.132. The molecule has 0 aromatic carbocycles. The Morgan fingerprint density at radius 2 is 1.83 bits per heavy atom. The summed E-state index contributed by atoms with van der Waals surface area (Å²) < 4.78 is 0. The van der Waals surface area contributed by atoms with Crippen LogP contribution in [0.3, 0.4) is 0 Å². The number of allylic oxidation sites excluding steroid dienone is 1. The fourth-order valence-corrected chi connectivity index (χ4v) is 0.786. The van der Waals surface area contributed by atoms with Crippen LogP contribution in [0.2, 0.25) is 0 Å². The fraction of sp³-hybridized carbons (Fsp3) is 0.700. The zero-order chi connectivity index (χ0) is 9.94. The molecule has 12 heavy (non-hydrogen) atoms. The van der Waals surface area contributed by atoms with Gasteiger partial charge in [0.15, 0.2) is 0 Å². The van der Waals surface area contributed by atoms with Crippen LogP contribution in [-0.4, -0.2) is 11.1 Å². The van der Waals surface area contributed by atoms with E-state index in [1.54, 1.807) is 6.92 Å². The number of rotatable bonds is 3. The highest BCUT2D eigenvalue weighted by Crippen LogP contribution is 2.28. The lowest BCUT2D eigenvalue weighted by Crippen LogP contribution is -2.17. The van der Waals surface area contributed by atoms with E-state index in [0.29, 0.717) is 11.5 Å². The van der Waals surface area contributed by atoms with E-state index in [-0.39, 0.29) is 5.41 Å². The minimum atomic E-state index is -0.830. The zero-order valence-corrected chi connectivity index (χ0v) is 8.51. The molecular weight excluding hydrogens is 152 g/mol. The van der Waals surface area contributed by atoms with Crippen molar-refractivity contribution < 1.29 is 9.90 Å². The SMILES string of the molecule is CC(=CC(C)(C)C(C)C)C(=O)O. The van der Waals surface area contributed by atoms with Crippen LogP contribution in [0.1, 0.15) is 34.6 Å². The predicted molar refractivity (Wildman–Crippen MR) is 50.0 cm³/mol. The minimum Gasteiger partial charge on any atom is -0.478 e. The summed E-state index contributed by atoms with van der Waals surface area (Å²) in [5.41, 5.74) is 0.386. The van der Waals surface area contributed by atoms with E-state index in [4.69, 9.17) is 5.11 Å². The van der Waals surface area contributed by atoms with Gasteiger partial charge in [-0.05, 0) is 18.3 Å². The molecule has 0 fully saturated rings. The lowest BCUT2D eigenvalue weighted by Gasteiger charge is -2.25. The molecule has 0 atom stereocenters. The van der Waals surface area contributed by atoms with Crippen LogP contribution in [0.4, 0.5) is 0 Å². The van der Waals surface area contributed by atoms with Gasteiger partial charge in [-0.3, -0.25) is 0 Å². The van der Waals surface area contributed by atoms with Crippen LogP contribution >= 0.6 is 0 Å². The van der Waals surface area contributed by atoms with Gasteiger partial charge in [0, 0.05) is 5.57 Å². The molecule has 0 aliphatic heterocycles. The number of aliphatic carboxylic acids is 1. The van der Waals surface area contributed by atoms with Crippen molar-refractivity contribution in [2.45, 2.75) is 34.6 Å². The summed E-state index contributed by atoms with van der Waals surface area (Å²) in [6.07, 6.45) is 1.82. The van der Waals surface area contributed by atoms with Gasteiger partial charge in [-0.15, -0.1) is 0 Å². The Hall–Kier alpha value is -0.790. The van der Waals surface area contributed by atoms with Gasteiger partial charge in [0.25, 0.3) is 0 Å². The first-order valence-electron chi connectivity index (χ1n) is 4.20. The van der Waals surface area contributed by atoms with Gasteiger partial charge in [0.05, 0.1) is 0 Å². The van der Waals surface area contributed by atoms with E-state index in [1.165, 1.54) is 0 Å². The second-order valence-corrected chi connectivity index (χ2v) is 4.11. The van der Waals surface area contributed by atoms with Crippen molar-refractivity contribution in [1.29, 1.82) is 0 Å². The first-order chi connectivity index (χ1) is 5.27. The third kappa shape index (κ3) is 3.07. The Morgan fingerprint density at radius 3 is 2.08 bits per heavy atom. The van der Waals surface area contributed by atoms with E-state index in [1.807, 2.05) is 19.9 Å². The first-order valence-corrected chi connectivity index (χ1v) is 4.20. The Morgan fingerprint density at radius 1 is 1.42 bits per heavy atom. The van der Waals surface area contributed by atoms with E-state index >= 15 is 0 Å². The van der Waals surface area contributed by atoms with Gasteiger partial charge in [0.1, 0.15) is 0 Å². The molecule has 0 aromatic heterocycles. The van der Waals surface area contributed by atoms with Crippen LogP contribution in [0.25, 0.3) is 0 Å². The molecule has 2 heteroatoms. The number of carboxylic acids is 1. The van der Waals surface area contributed by atoms with Crippen LogP contribution in [-0.2, 0) is 4.79 Å². The third-order valence-corrected chi connectivity index (χ3v) is 2.41. The lowest BCUT2D eigenvalue weighted by atomic mass is 9.80. The summed E-state index contributed by atoms with van der Waals surface area (Å²) in [5, 5.41) is 8.66. The molecule has 0 saturated heterocycles. The van der Waals surface area contributed by atoms with Gasteiger partial charge in [-0.1, -0.05) is 33.8 Å². The molecule has 0 aliphatic rings. The Balaban J connectivity index is 4.61. The van der Waals surface area contributed by atoms with Crippen LogP contribution in [0.5, 0.6) is 0 Å². The third-order valence-electron chi connectivity index (χ3n) is 2.41. The molecule has 1 N–H and O–H groups in total. The topological polar surface area (TPSA) is 37.3 Å². The van der Waals surface area contributed by atoms with Crippen molar-refractivity contribution in [1.82, 2.24) is 0 Å². The predicted octanol–water partition coefficient (Wildman–Crippen LogP) is 2.70. The molecule has 0 amide bonds. The minimum absolute atomic E-state index is 0.0392. The Bertz CT molecular complexity index is 200. The standard InChI is InChI=1S/C10H18O2/c1-7(2)10(4,5)6-8(3)9(11)12/h6-7H,1-5H3,(H,11,12). The largest absolute Gasteiger partial charge is 0.478 e. The molecule has 70 valence electrons. The maximum absolute atomic E-state index is 10.5. The van der Waals surface area contributed by atoms with Gasteiger partial charge in [-0.25, -0.2) is 4.79 Å². The molecule has 0 aliphatic carbocycles. The number of carbonyl (C=O) groups is 1. The quantitative estimate of drug-likeness (QED) is 0.661. The Kier molecular flexibility index (Phi) is 3.50. The molecule has 0 saturated carbocycles. The molecule has 0 rings (SSSR count). The molecule has 0 spiro atoms. The summed E-state index contributed by atoms with van der Waals surface area (Å²) >= 11 is 0.